The van der Waals surface area contributed by atoms with Crippen LogP contribution in [0.15, 0.2) is 84.9 Å². The fourth-order valence-corrected chi connectivity index (χ4v) is 3.02. The minimum atomic E-state index is -0.260. The summed E-state index contributed by atoms with van der Waals surface area (Å²) < 4.78 is 0. The van der Waals surface area contributed by atoms with E-state index < -0.39 is 0 Å². The van der Waals surface area contributed by atoms with E-state index in [1.54, 1.807) is 24.3 Å². The minimum Gasteiger partial charge on any atom is -0.324 e. The Labute approximate surface area is 171 Å². The molecule has 5 heteroatoms. The SMILES string of the molecule is CCN(CC(=O)Nc1ccccc1C(=O)Nc1ccccc1)Cc1ccccc1. The van der Waals surface area contributed by atoms with Gasteiger partial charge in [0.15, 0.2) is 0 Å². The third kappa shape index (κ3) is 6.02. The van der Waals surface area contributed by atoms with Crippen LogP contribution in [0.2, 0.25) is 0 Å². The molecule has 29 heavy (non-hydrogen) atoms. The van der Waals surface area contributed by atoms with Gasteiger partial charge in [-0.25, -0.2) is 0 Å². The van der Waals surface area contributed by atoms with Crippen molar-refractivity contribution in [2.45, 2.75) is 13.5 Å². The highest BCUT2D eigenvalue weighted by Gasteiger charge is 2.15. The molecular formula is C24H25N3O2. The van der Waals surface area contributed by atoms with Crippen LogP contribution in [0.3, 0.4) is 0 Å². The number of hydrogen-bond acceptors (Lipinski definition) is 3. The zero-order chi connectivity index (χ0) is 20.5. The Balaban J connectivity index is 1.65. The number of amides is 2. The molecule has 5 nitrogen and oxygen atoms in total. The Morgan fingerprint density at radius 3 is 2.10 bits per heavy atom. The fraction of sp³-hybridized carbons (Fsp3) is 0.167. The summed E-state index contributed by atoms with van der Waals surface area (Å²) in [6.45, 7) is 3.72. The molecule has 3 rings (SSSR count). The van der Waals surface area contributed by atoms with Gasteiger partial charge in [0.25, 0.3) is 5.91 Å². The predicted molar refractivity (Wildman–Crippen MR) is 117 cm³/mol. The lowest BCUT2D eigenvalue weighted by Crippen LogP contribution is -2.33. The van der Waals surface area contributed by atoms with E-state index in [4.69, 9.17) is 0 Å². The van der Waals surface area contributed by atoms with E-state index in [-0.39, 0.29) is 18.4 Å². The van der Waals surface area contributed by atoms with Crippen LogP contribution in [0.5, 0.6) is 0 Å². The molecule has 3 aromatic rings. The van der Waals surface area contributed by atoms with Gasteiger partial charge in [0.05, 0.1) is 17.8 Å². The third-order valence-electron chi connectivity index (χ3n) is 4.54. The molecule has 148 valence electrons. The van der Waals surface area contributed by atoms with Gasteiger partial charge in [0.2, 0.25) is 5.91 Å². The van der Waals surface area contributed by atoms with Gasteiger partial charge in [-0.1, -0.05) is 67.6 Å². The molecule has 0 aliphatic carbocycles. The molecule has 0 aliphatic heterocycles. The molecule has 0 aromatic heterocycles. The van der Waals surface area contributed by atoms with E-state index in [9.17, 15) is 9.59 Å². The van der Waals surface area contributed by atoms with Crippen molar-refractivity contribution in [1.82, 2.24) is 4.90 Å². The van der Waals surface area contributed by atoms with Crippen LogP contribution >= 0.6 is 0 Å². The van der Waals surface area contributed by atoms with Crippen LogP contribution in [-0.2, 0) is 11.3 Å². The number of likely N-dealkylation sites (N-methyl/N-ethyl adjacent to an activating group) is 1. The number of nitrogens with zero attached hydrogens (tertiary/aromatic N) is 1. The van der Waals surface area contributed by atoms with Crippen LogP contribution in [-0.4, -0.2) is 29.8 Å². The Morgan fingerprint density at radius 1 is 0.793 bits per heavy atom. The van der Waals surface area contributed by atoms with Gasteiger partial charge in [0.1, 0.15) is 0 Å². The van der Waals surface area contributed by atoms with Gasteiger partial charge in [-0.05, 0) is 36.4 Å². The van der Waals surface area contributed by atoms with Crippen LogP contribution in [0.4, 0.5) is 11.4 Å². The fourth-order valence-electron chi connectivity index (χ4n) is 3.02. The topological polar surface area (TPSA) is 61.4 Å². The van der Waals surface area contributed by atoms with Crippen molar-refractivity contribution >= 4 is 23.2 Å². The Kier molecular flexibility index (Phi) is 7.14. The number of anilines is 2. The first-order valence-electron chi connectivity index (χ1n) is 9.67. The van der Waals surface area contributed by atoms with Gasteiger partial charge in [-0.15, -0.1) is 0 Å². The number of nitrogens with one attached hydrogen (secondary N) is 2. The molecule has 0 saturated carbocycles. The van der Waals surface area contributed by atoms with Crippen molar-refractivity contribution in [2.24, 2.45) is 0 Å². The van der Waals surface area contributed by atoms with Gasteiger partial charge in [-0.2, -0.15) is 0 Å². The van der Waals surface area contributed by atoms with E-state index in [1.165, 1.54) is 0 Å². The smallest absolute Gasteiger partial charge is 0.257 e. The van der Waals surface area contributed by atoms with Crippen molar-refractivity contribution in [3.63, 3.8) is 0 Å². The first-order chi connectivity index (χ1) is 14.2. The Hall–Kier alpha value is -3.44. The molecule has 2 amide bonds. The lowest BCUT2D eigenvalue weighted by Gasteiger charge is -2.20. The minimum absolute atomic E-state index is 0.150. The average Bonchev–Trinajstić information content (AvgIpc) is 2.75. The van der Waals surface area contributed by atoms with E-state index >= 15 is 0 Å². The van der Waals surface area contributed by atoms with E-state index in [2.05, 4.69) is 15.5 Å². The van der Waals surface area contributed by atoms with Crippen LogP contribution < -0.4 is 10.6 Å². The summed E-state index contributed by atoms with van der Waals surface area (Å²) in [5.74, 6) is -0.411. The second-order valence-electron chi connectivity index (χ2n) is 6.70. The van der Waals surface area contributed by atoms with Gasteiger partial charge in [0, 0.05) is 12.2 Å². The summed E-state index contributed by atoms with van der Waals surface area (Å²) in [6, 6.07) is 26.3. The molecule has 3 aromatic carbocycles. The highest BCUT2D eigenvalue weighted by molar-refractivity contribution is 6.10. The normalized spacial score (nSPS) is 10.6. The van der Waals surface area contributed by atoms with Crippen LogP contribution in [0, 0.1) is 0 Å². The number of hydrogen-bond donors (Lipinski definition) is 2. The summed E-state index contributed by atoms with van der Waals surface area (Å²) in [4.78, 5) is 27.3. The van der Waals surface area contributed by atoms with Gasteiger partial charge in [-0.3, -0.25) is 14.5 Å². The molecule has 0 atom stereocenters. The molecule has 0 heterocycles. The largest absolute Gasteiger partial charge is 0.324 e. The molecule has 0 unspecified atom stereocenters. The number of carbonyl (C=O) groups excluding carboxylic acids is 2. The van der Waals surface area contributed by atoms with Gasteiger partial charge < -0.3 is 10.6 Å². The summed E-state index contributed by atoms with van der Waals surface area (Å²) in [7, 11) is 0. The summed E-state index contributed by atoms with van der Waals surface area (Å²) in [6.07, 6.45) is 0. The third-order valence-corrected chi connectivity index (χ3v) is 4.54. The summed E-state index contributed by atoms with van der Waals surface area (Å²) in [5.41, 5.74) is 2.79. The lowest BCUT2D eigenvalue weighted by molar-refractivity contribution is -0.117. The molecule has 0 radical (unpaired) electrons. The Morgan fingerprint density at radius 2 is 1.41 bits per heavy atom. The average molecular weight is 387 g/mol. The zero-order valence-corrected chi connectivity index (χ0v) is 16.5. The maximum absolute atomic E-state index is 12.7. The van der Waals surface area contributed by atoms with Crippen LogP contribution in [0.1, 0.15) is 22.8 Å². The highest BCUT2D eigenvalue weighted by atomic mass is 16.2. The molecule has 2 N–H and O–H groups in total. The molecule has 0 spiro atoms. The monoisotopic (exact) mass is 387 g/mol. The first kappa shape index (κ1) is 20.3. The molecule has 0 fully saturated rings. The molecular weight excluding hydrogens is 362 g/mol. The molecule has 0 bridgehead atoms. The number of carbonyl (C=O) groups is 2. The lowest BCUT2D eigenvalue weighted by atomic mass is 10.1. The van der Waals surface area contributed by atoms with Crippen molar-refractivity contribution in [3.05, 3.63) is 96.1 Å². The maximum Gasteiger partial charge on any atom is 0.257 e. The van der Waals surface area contributed by atoms with E-state index in [0.29, 0.717) is 23.5 Å². The van der Waals surface area contributed by atoms with E-state index in [1.807, 2.05) is 67.6 Å². The number of rotatable bonds is 8. The molecule has 0 saturated heterocycles. The van der Waals surface area contributed by atoms with Gasteiger partial charge >= 0.3 is 0 Å². The highest BCUT2D eigenvalue weighted by Crippen LogP contribution is 2.17. The first-order valence-corrected chi connectivity index (χ1v) is 9.67. The van der Waals surface area contributed by atoms with E-state index in [0.717, 1.165) is 12.1 Å². The number of benzene rings is 3. The summed E-state index contributed by atoms with van der Waals surface area (Å²) in [5, 5.41) is 5.74. The maximum atomic E-state index is 12.7. The second kappa shape index (κ2) is 10.2. The predicted octanol–water partition coefficient (Wildman–Crippen LogP) is 4.40. The Bertz CT molecular complexity index is 943. The quantitative estimate of drug-likeness (QED) is 0.602. The zero-order valence-electron chi connectivity index (χ0n) is 16.5. The van der Waals surface area contributed by atoms with Crippen molar-refractivity contribution in [1.29, 1.82) is 0 Å². The van der Waals surface area contributed by atoms with Crippen molar-refractivity contribution < 1.29 is 9.59 Å². The van der Waals surface area contributed by atoms with Crippen LogP contribution in [0.25, 0.3) is 0 Å². The standard InChI is InChI=1S/C24H25N3O2/c1-2-27(17-19-11-5-3-6-12-19)18-23(28)26-22-16-10-9-15-21(22)24(29)25-20-13-7-4-8-14-20/h3-16H,2,17-18H2,1H3,(H,25,29)(H,26,28). The number of para-hydroxylation sites is 2. The van der Waals surface area contributed by atoms with Crippen molar-refractivity contribution in [2.75, 3.05) is 23.7 Å². The molecule has 0 aliphatic rings. The summed E-state index contributed by atoms with van der Waals surface area (Å²) >= 11 is 0. The second-order valence-corrected chi connectivity index (χ2v) is 6.70. The van der Waals surface area contributed by atoms with Crippen molar-refractivity contribution in [3.8, 4) is 0 Å².